The molecular formula is C24H20N2O3. The summed E-state index contributed by atoms with van der Waals surface area (Å²) in [4.78, 5) is 9.42. The number of aromatic nitrogens is 2. The first-order chi connectivity index (χ1) is 14.1. The molecular weight excluding hydrogens is 364 g/mol. The first-order valence-electron chi connectivity index (χ1n) is 9.18. The highest BCUT2D eigenvalue weighted by Gasteiger charge is 2.15. The number of phenols is 2. The molecule has 0 saturated heterocycles. The van der Waals surface area contributed by atoms with Crippen molar-refractivity contribution in [3.8, 4) is 51.2 Å². The second kappa shape index (κ2) is 7.64. The van der Waals surface area contributed by atoms with Gasteiger partial charge in [0.05, 0.1) is 35.4 Å². The number of methoxy groups -OCH3 is 1. The number of aromatic hydroxyl groups is 2. The van der Waals surface area contributed by atoms with Crippen molar-refractivity contribution in [2.45, 2.75) is 6.92 Å². The van der Waals surface area contributed by atoms with Crippen LogP contribution >= 0.6 is 0 Å². The van der Waals surface area contributed by atoms with Gasteiger partial charge >= 0.3 is 0 Å². The average molecular weight is 384 g/mol. The Balaban J connectivity index is 1.81. The summed E-state index contributed by atoms with van der Waals surface area (Å²) in [5, 5.41) is 20.6. The van der Waals surface area contributed by atoms with E-state index in [1.807, 2.05) is 55.5 Å². The number of rotatable bonds is 4. The molecule has 0 spiro atoms. The molecule has 144 valence electrons. The lowest BCUT2D eigenvalue weighted by Gasteiger charge is -2.12. The van der Waals surface area contributed by atoms with Crippen LogP contribution in [0.25, 0.3) is 33.9 Å². The molecule has 0 unspecified atom stereocenters. The number of aryl methyl sites for hydroxylation is 1. The highest BCUT2D eigenvalue weighted by atomic mass is 16.5. The van der Waals surface area contributed by atoms with Gasteiger partial charge in [-0.1, -0.05) is 30.3 Å². The number of ether oxygens (including phenoxy) is 1. The first-order valence-corrected chi connectivity index (χ1v) is 9.18. The number of hydrogen-bond acceptors (Lipinski definition) is 5. The van der Waals surface area contributed by atoms with Crippen molar-refractivity contribution < 1.29 is 14.9 Å². The molecule has 5 nitrogen and oxygen atoms in total. The summed E-state index contributed by atoms with van der Waals surface area (Å²) >= 11 is 0. The number of hydrogen-bond donors (Lipinski definition) is 2. The molecule has 0 aliphatic heterocycles. The lowest BCUT2D eigenvalue weighted by Crippen LogP contribution is -1.95. The third kappa shape index (κ3) is 3.50. The largest absolute Gasteiger partial charge is 0.507 e. The third-order valence-corrected chi connectivity index (χ3v) is 4.75. The maximum Gasteiger partial charge on any atom is 0.132 e. The van der Waals surface area contributed by atoms with Crippen LogP contribution in [0.2, 0.25) is 0 Å². The van der Waals surface area contributed by atoms with Gasteiger partial charge in [-0.15, -0.1) is 0 Å². The molecule has 0 radical (unpaired) electrons. The van der Waals surface area contributed by atoms with E-state index in [1.165, 1.54) is 0 Å². The van der Waals surface area contributed by atoms with Gasteiger partial charge in [-0.2, -0.15) is 0 Å². The molecule has 0 aliphatic carbocycles. The van der Waals surface area contributed by atoms with Crippen molar-refractivity contribution in [2.24, 2.45) is 0 Å². The standard InChI is InChI=1S/C24H20N2O3/c1-15-7-3-12-20(27)23(15)18-10-4-8-16(25-18)17-9-5-11-19(26-17)24-21(28)13-6-14-22(24)29-2/h3-14,27-28H,1-2H3. The van der Waals surface area contributed by atoms with E-state index in [4.69, 9.17) is 14.7 Å². The zero-order valence-electron chi connectivity index (χ0n) is 16.1. The summed E-state index contributed by atoms with van der Waals surface area (Å²) in [6, 6.07) is 21.7. The van der Waals surface area contributed by atoms with E-state index in [1.54, 1.807) is 31.4 Å². The van der Waals surface area contributed by atoms with Gasteiger partial charge < -0.3 is 14.9 Å². The minimum absolute atomic E-state index is 0.0977. The third-order valence-electron chi connectivity index (χ3n) is 4.75. The number of phenolic OH excluding ortho intramolecular Hbond substituents is 2. The predicted molar refractivity (Wildman–Crippen MR) is 113 cm³/mol. The Hall–Kier alpha value is -3.86. The Kier molecular flexibility index (Phi) is 4.87. The zero-order valence-corrected chi connectivity index (χ0v) is 16.1. The molecule has 2 N–H and O–H groups in total. The molecule has 4 aromatic rings. The van der Waals surface area contributed by atoms with Crippen molar-refractivity contribution >= 4 is 0 Å². The van der Waals surface area contributed by atoms with Gasteiger partial charge in [-0.05, 0) is 55.0 Å². The second-order valence-corrected chi connectivity index (χ2v) is 6.64. The van der Waals surface area contributed by atoms with Crippen LogP contribution in [-0.4, -0.2) is 27.3 Å². The Morgan fingerprint density at radius 1 is 0.621 bits per heavy atom. The van der Waals surface area contributed by atoms with E-state index in [0.29, 0.717) is 39.7 Å². The maximum absolute atomic E-state index is 10.3. The fraction of sp³-hybridized carbons (Fsp3) is 0.0833. The van der Waals surface area contributed by atoms with Crippen molar-refractivity contribution in [2.75, 3.05) is 7.11 Å². The molecule has 0 saturated carbocycles. The SMILES string of the molecule is COc1cccc(O)c1-c1cccc(-c2cccc(-c3c(C)cccc3O)n2)n1. The molecule has 2 aromatic carbocycles. The monoisotopic (exact) mass is 384 g/mol. The van der Waals surface area contributed by atoms with E-state index in [2.05, 4.69) is 0 Å². The normalized spacial score (nSPS) is 10.7. The minimum Gasteiger partial charge on any atom is -0.507 e. The lowest BCUT2D eigenvalue weighted by molar-refractivity contribution is 0.410. The highest BCUT2D eigenvalue weighted by Crippen LogP contribution is 2.37. The predicted octanol–water partition coefficient (Wildman–Crippen LogP) is 5.21. The van der Waals surface area contributed by atoms with Gasteiger partial charge in [0.25, 0.3) is 0 Å². The average Bonchev–Trinajstić information content (AvgIpc) is 2.74. The summed E-state index contributed by atoms with van der Waals surface area (Å²) in [7, 11) is 1.56. The highest BCUT2D eigenvalue weighted by molar-refractivity contribution is 5.76. The molecule has 0 fully saturated rings. The molecule has 4 rings (SSSR count). The molecule has 29 heavy (non-hydrogen) atoms. The molecule has 2 aromatic heterocycles. The number of benzene rings is 2. The Bertz CT molecular complexity index is 1170. The maximum atomic E-state index is 10.3. The quantitative estimate of drug-likeness (QED) is 0.505. The molecule has 5 heteroatoms. The fourth-order valence-electron chi connectivity index (χ4n) is 3.37. The Labute approximate surface area is 168 Å². The van der Waals surface area contributed by atoms with Gasteiger partial charge in [0.15, 0.2) is 0 Å². The van der Waals surface area contributed by atoms with Crippen molar-refractivity contribution in [3.05, 3.63) is 78.4 Å². The van der Waals surface area contributed by atoms with Crippen LogP contribution in [0.4, 0.5) is 0 Å². The smallest absolute Gasteiger partial charge is 0.132 e. The Morgan fingerprint density at radius 2 is 1.10 bits per heavy atom. The van der Waals surface area contributed by atoms with Crippen LogP contribution in [-0.2, 0) is 0 Å². The van der Waals surface area contributed by atoms with Crippen LogP contribution in [0.5, 0.6) is 17.2 Å². The van der Waals surface area contributed by atoms with E-state index in [9.17, 15) is 10.2 Å². The fourth-order valence-corrected chi connectivity index (χ4v) is 3.37. The van der Waals surface area contributed by atoms with E-state index in [0.717, 1.165) is 5.56 Å². The van der Waals surface area contributed by atoms with Crippen LogP contribution in [0.3, 0.4) is 0 Å². The van der Waals surface area contributed by atoms with Gasteiger partial charge in [-0.3, -0.25) is 0 Å². The van der Waals surface area contributed by atoms with Crippen LogP contribution < -0.4 is 4.74 Å². The molecule has 0 bridgehead atoms. The lowest BCUT2D eigenvalue weighted by atomic mass is 10.0. The van der Waals surface area contributed by atoms with Crippen LogP contribution in [0, 0.1) is 6.92 Å². The zero-order chi connectivity index (χ0) is 20.4. The Morgan fingerprint density at radius 3 is 1.69 bits per heavy atom. The topological polar surface area (TPSA) is 75.5 Å². The summed E-state index contributed by atoms with van der Waals surface area (Å²) in [5.74, 6) is 0.831. The summed E-state index contributed by atoms with van der Waals surface area (Å²) < 4.78 is 5.39. The number of pyridine rings is 2. The summed E-state index contributed by atoms with van der Waals surface area (Å²) in [5.41, 5.74) is 4.76. The van der Waals surface area contributed by atoms with Gasteiger partial charge in [-0.25, -0.2) is 9.97 Å². The molecule has 2 heterocycles. The van der Waals surface area contributed by atoms with Crippen LogP contribution in [0.1, 0.15) is 5.56 Å². The summed E-state index contributed by atoms with van der Waals surface area (Å²) in [6.45, 7) is 1.94. The van der Waals surface area contributed by atoms with E-state index >= 15 is 0 Å². The van der Waals surface area contributed by atoms with Crippen molar-refractivity contribution in [1.29, 1.82) is 0 Å². The molecule has 0 amide bonds. The first kappa shape index (κ1) is 18.5. The van der Waals surface area contributed by atoms with E-state index < -0.39 is 0 Å². The van der Waals surface area contributed by atoms with E-state index in [-0.39, 0.29) is 11.5 Å². The molecule has 0 aliphatic rings. The van der Waals surface area contributed by atoms with Gasteiger partial charge in [0, 0.05) is 5.56 Å². The van der Waals surface area contributed by atoms with Gasteiger partial charge in [0.2, 0.25) is 0 Å². The van der Waals surface area contributed by atoms with Crippen molar-refractivity contribution in [3.63, 3.8) is 0 Å². The second-order valence-electron chi connectivity index (χ2n) is 6.64. The summed E-state index contributed by atoms with van der Waals surface area (Å²) in [6.07, 6.45) is 0. The number of nitrogens with zero attached hydrogens (tertiary/aromatic N) is 2. The van der Waals surface area contributed by atoms with Gasteiger partial charge in [0.1, 0.15) is 17.2 Å². The minimum atomic E-state index is 0.0977. The molecule has 0 atom stereocenters. The van der Waals surface area contributed by atoms with Crippen molar-refractivity contribution in [1.82, 2.24) is 9.97 Å². The van der Waals surface area contributed by atoms with Crippen LogP contribution in [0.15, 0.2) is 72.8 Å².